The number of aliphatic carboxylic acids is 1. The van der Waals surface area contributed by atoms with Gasteiger partial charge in [-0.2, -0.15) is 0 Å². The Labute approximate surface area is 227 Å². The van der Waals surface area contributed by atoms with Crippen molar-refractivity contribution in [2.24, 2.45) is 34.0 Å². The molecule has 0 aromatic rings. The summed E-state index contributed by atoms with van der Waals surface area (Å²) < 4.78 is 0. The average Bonchev–Trinajstić information content (AvgIpc) is 2.84. The number of carbonyl (C=O) groups excluding carboxylic acids is 5. The van der Waals surface area contributed by atoms with Crippen LogP contribution in [0.25, 0.3) is 0 Å². The first-order valence-corrected chi connectivity index (χ1v) is 12.6. The maximum atomic E-state index is 13.2. The molecule has 12 N–H and O–H groups in total. The Balaban J connectivity index is 5.57. The molecule has 0 rings (SSSR count). The zero-order valence-electron chi connectivity index (χ0n) is 23.1. The predicted octanol–water partition coefficient (Wildman–Crippen LogP) is -3.53. The second-order valence-corrected chi connectivity index (χ2v) is 9.58. The molecule has 0 aliphatic rings. The average molecular weight is 558 g/mol. The maximum absolute atomic E-state index is 13.2. The van der Waals surface area contributed by atoms with E-state index in [-0.39, 0.29) is 37.8 Å². The maximum Gasteiger partial charge on any atom is 0.325 e. The van der Waals surface area contributed by atoms with Crippen LogP contribution >= 0.6 is 0 Å². The van der Waals surface area contributed by atoms with E-state index in [9.17, 15) is 28.8 Å². The fourth-order valence-corrected chi connectivity index (χ4v) is 3.22. The van der Waals surface area contributed by atoms with Crippen molar-refractivity contribution in [1.82, 2.24) is 26.6 Å². The zero-order chi connectivity index (χ0) is 30.3. The van der Waals surface area contributed by atoms with Crippen LogP contribution < -0.4 is 43.8 Å². The molecule has 39 heavy (non-hydrogen) atoms. The number of nitrogens with zero attached hydrogens (tertiary/aromatic N) is 1. The molecule has 0 unspecified atom stereocenters. The summed E-state index contributed by atoms with van der Waals surface area (Å²) in [6, 6.07) is -4.31. The molecule has 5 amide bonds. The highest BCUT2D eigenvalue weighted by Gasteiger charge is 2.32. The van der Waals surface area contributed by atoms with Crippen LogP contribution in [0.1, 0.15) is 47.5 Å². The van der Waals surface area contributed by atoms with E-state index < -0.39 is 72.1 Å². The van der Waals surface area contributed by atoms with E-state index in [0.29, 0.717) is 0 Å². The summed E-state index contributed by atoms with van der Waals surface area (Å²) in [4.78, 5) is 77.4. The zero-order valence-corrected chi connectivity index (χ0v) is 23.1. The molecule has 0 radical (unpaired) electrons. The Kier molecular flexibility index (Phi) is 15.8. The summed E-state index contributed by atoms with van der Waals surface area (Å²) in [5.41, 5.74) is 16.0. The minimum Gasteiger partial charge on any atom is -0.480 e. The quantitative estimate of drug-likeness (QED) is 0.0482. The lowest BCUT2D eigenvalue weighted by atomic mass is 9.99. The van der Waals surface area contributed by atoms with E-state index >= 15 is 0 Å². The molecule has 0 heterocycles. The van der Waals surface area contributed by atoms with Gasteiger partial charge in [0.2, 0.25) is 29.5 Å². The van der Waals surface area contributed by atoms with Gasteiger partial charge in [0.25, 0.3) is 0 Å². The van der Waals surface area contributed by atoms with E-state index in [4.69, 9.17) is 22.3 Å². The van der Waals surface area contributed by atoms with Crippen molar-refractivity contribution >= 4 is 41.5 Å². The molecule has 222 valence electrons. The summed E-state index contributed by atoms with van der Waals surface area (Å²) in [5.74, 6) is -5.35. The van der Waals surface area contributed by atoms with Gasteiger partial charge >= 0.3 is 5.97 Å². The topological polar surface area (TPSA) is 273 Å². The minimum absolute atomic E-state index is 0.0848. The largest absolute Gasteiger partial charge is 0.480 e. The van der Waals surface area contributed by atoms with Crippen LogP contribution in [0.2, 0.25) is 0 Å². The molecule has 4 atom stereocenters. The number of nitrogens with two attached hydrogens (primary N) is 3. The van der Waals surface area contributed by atoms with E-state index in [1.165, 1.54) is 6.92 Å². The van der Waals surface area contributed by atoms with Crippen LogP contribution in [0, 0.1) is 11.8 Å². The van der Waals surface area contributed by atoms with Crippen LogP contribution in [0.5, 0.6) is 0 Å². The van der Waals surface area contributed by atoms with Gasteiger partial charge in [-0.05, 0) is 31.6 Å². The Hall–Kier alpha value is -3.95. The first kappa shape index (κ1) is 35.0. The third kappa shape index (κ3) is 14.0. The van der Waals surface area contributed by atoms with Crippen LogP contribution in [0.15, 0.2) is 4.99 Å². The van der Waals surface area contributed by atoms with Gasteiger partial charge in [-0.15, -0.1) is 0 Å². The van der Waals surface area contributed by atoms with Crippen molar-refractivity contribution in [1.29, 1.82) is 0 Å². The molecule has 0 spiro atoms. The molecule has 0 saturated heterocycles. The second kappa shape index (κ2) is 17.5. The second-order valence-electron chi connectivity index (χ2n) is 9.58. The molecular formula is C23H43N9O7. The van der Waals surface area contributed by atoms with Gasteiger partial charge in [-0.25, -0.2) is 0 Å². The van der Waals surface area contributed by atoms with Crippen molar-refractivity contribution in [2.45, 2.75) is 71.6 Å². The third-order valence-electron chi connectivity index (χ3n) is 5.45. The van der Waals surface area contributed by atoms with Crippen molar-refractivity contribution in [3.05, 3.63) is 0 Å². The highest BCUT2D eigenvalue weighted by Crippen LogP contribution is 2.08. The Morgan fingerprint density at radius 1 is 0.769 bits per heavy atom. The van der Waals surface area contributed by atoms with Gasteiger partial charge in [0.05, 0.1) is 13.1 Å². The van der Waals surface area contributed by atoms with Crippen LogP contribution in [0.3, 0.4) is 0 Å². The first-order valence-electron chi connectivity index (χ1n) is 12.6. The van der Waals surface area contributed by atoms with Gasteiger partial charge in [-0.3, -0.25) is 33.8 Å². The number of hydrogen-bond donors (Lipinski definition) is 9. The normalized spacial score (nSPS) is 13.8. The Bertz CT molecular complexity index is 904. The van der Waals surface area contributed by atoms with Crippen LogP contribution in [0.4, 0.5) is 0 Å². The van der Waals surface area contributed by atoms with Gasteiger partial charge in [0.1, 0.15) is 24.2 Å². The number of rotatable bonds is 17. The van der Waals surface area contributed by atoms with E-state index in [0.717, 1.165) is 0 Å². The molecule has 16 heteroatoms. The SMILES string of the molecule is CC(C)[C@H](NC(=O)CN)C(=O)N[C@H](C(=O)N[C@@H](CCCN=C(N)N)C(=O)NCC(=O)N[C@@H](C)C(=O)O)C(C)C. The molecule has 0 aliphatic heterocycles. The number of aliphatic imine (C=N–C) groups is 1. The highest BCUT2D eigenvalue weighted by molar-refractivity contribution is 5.95. The van der Waals surface area contributed by atoms with Crippen LogP contribution in [-0.2, 0) is 28.8 Å². The summed E-state index contributed by atoms with van der Waals surface area (Å²) in [6.07, 6.45) is 0.374. The van der Waals surface area contributed by atoms with E-state index in [2.05, 4.69) is 31.6 Å². The third-order valence-corrected chi connectivity index (χ3v) is 5.45. The first-order chi connectivity index (χ1) is 18.1. The summed E-state index contributed by atoms with van der Waals surface area (Å²) in [5, 5.41) is 21.2. The van der Waals surface area contributed by atoms with Crippen molar-refractivity contribution < 1.29 is 33.9 Å². The number of nitrogens with one attached hydrogen (secondary N) is 5. The van der Waals surface area contributed by atoms with Crippen molar-refractivity contribution in [3.8, 4) is 0 Å². The van der Waals surface area contributed by atoms with Gasteiger partial charge in [-0.1, -0.05) is 27.7 Å². The predicted molar refractivity (Wildman–Crippen MR) is 143 cm³/mol. The van der Waals surface area contributed by atoms with Gasteiger partial charge in [0, 0.05) is 6.54 Å². The van der Waals surface area contributed by atoms with Gasteiger partial charge < -0.3 is 48.9 Å². The minimum atomic E-state index is -1.25. The molecule has 0 aromatic carbocycles. The number of carboxylic acids is 1. The molecule has 16 nitrogen and oxygen atoms in total. The van der Waals surface area contributed by atoms with Gasteiger partial charge in [0.15, 0.2) is 5.96 Å². The Morgan fingerprint density at radius 3 is 1.79 bits per heavy atom. The Morgan fingerprint density at radius 2 is 1.31 bits per heavy atom. The standard InChI is InChI=1S/C23H43N9O7/c1-11(2)17(31-15(33)9-24)21(37)32-18(12(3)4)20(36)30-14(7-6-8-27-23(25)26)19(35)28-10-16(34)29-13(5)22(38)39/h11-14,17-18H,6-10,24H2,1-5H3,(H,28,35)(H,29,34)(H,30,36)(H,31,33)(H,32,37)(H,38,39)(H4,25,26,27)/t13-,14-,17-,18-/m0/s1. The number of amides is 5. The van der Waals surface area contributed by atoms with Crippen molar-refractivity contribution in [3.63, 3.8) is 0 Å². The summed E-state index contributed by atoms with van der Waals surface area (Å²) >= 11 is 0. The summed E-state index contributed by atoms with van der Waals surface area (Å²) in [6.45, 7) is 7.41. The molecule has 0 aliphatic carbocycles. The number of hydrogen-bond acceptors (Lipinski definition) is 8. The molecule has 0 fully saturated rings. The smallest absolute Gasteiger partial charge is 0.325 e. The number of carbonyl (C=O) groups is 6. The fourth-order valence-electron chi connectivity index (χ4n) is 3.22. The molecule has 0 saturated carbocycles. The lowest BCUT2D eigenvalue weighted by Crippen LogP contribution is -2.59. The van der Waals surface area contributed by atoms with E-state index in [1.54, 1.807) is 27.7 Å². The van der Waals surface area contributed by atoms with E-state index in [1.807, 2.05) is 0 Å². The monoisotopic (exact) mass is 557 g/mol. The highest BCUT2D eigenvalue weighted by atomic mass is 16.4. The molecular weight excluding hydrogens is 514 g/mol. The lowest BCUT2D eigenvalue weighted by Gasteiger charge is -2.28. The number of carboxylic acid groups (broad SMARTS) is 1. The molecule has 0 aromatic heterocycles. The summed E-state index contributed by atoms with van der Waals surface area (Å²) in [7, 11) is 0. The molecule has 0 bridgehead atoms. The number of guanidine groups is 1. The van der Waals surface area contributed by atoms with Crippen molar-refractivity contribution in [2.75, 3.05) is 19.6 Å². The van der Waals surface area contributed by atoms with Crippen LogP contribution in [-0.4, -0.2) is 90.4 Å². The lowest BCUT2D eigenvalue weighted by molar-refractivity contribution is -0.141. The fraction of sp³-hybridized carbons (Fsp3) is 0.696.